The topological polar surface area (TPSA) is 21.7 Å². The van der Waals surface area contributed by atoms with Crippen LogP contribution in [0.25, 0.3) is 0 Å². The van der Waals surface area contributed by atoms with Gasteiger partial charge >= 0.3 is 0 Å². The number of hydrogen-bond acceptors (Lipinski definition) is 3. The van der Waals surface area contributed by atoms with E-state index in [1.165, 1.54) is 5.56 Å². The third-order valence-corrected chi connectivity index (χ3v) is 9.99. The highest BCUT2D eigenvalue weighted by Gasteiger charge is 2.44. The van der Waals surface area contributed by atoms with Gasteiger partial charge in [0.2, 0.25) is 0 Å². The molecule has 1 aromatic rings. The Morgan fingerprint density at radius 3 is 2.46 bits per heavy atom. The van der Waals surface area contributed by atoms with Gasteiger partial charge in [-0.05, 0) is 37.2 Å². The number of likely N-dealkylation sites (N-methyl/N-ethyl adjacent to an activating group) is 1. The third kappa shape index (κ3) is 4.17. The standard InChI is InChI=1S/C20H33NO2Si/c1-8-12-17-19(23-24(6,7)20(2,3)4)22-15-18(21(17)5)16-13-10-9-11-14-16/h8-11,13-14,17-19H,1,12,15H2,2-7H3/t17-,18+,19?/m1/s1. The quantitative estimate of drug-likeness (QED) is 0.554. The lowest BCUT2D eigenvalue weighted by atomic mass is 10.0. The highest BCUT2D eigenvalue weighted by molar-refractivity contribution is 6.74. The fourth-order valence-electron chi connectivity index (χ4n) is 2.87. The molecule has 0 amide bonds. The summed E-state index contributed by atoms with van der Waals surface area (Å²) in [7, 11) is 0.297. The largest absolute Gasteiger partial charge is 0.391 e. The maximum absolute atomic E-state index is 6.59. The van der Waals surface area contributed by atoms with Gasteiger partial charge in [-0.3, -0.25) is 4.90 Å². The Kier molecular flexibility index (Phi) is 6.08. The Balaban J connectivity index is 2.19. The van der Waals surface area contributed by atoms with Crippen molar-refractivity contribution in [1.82, 2.24) is 4.90 Å². The minimum absolute atomic E-state index is 0.171. The van der Waals surface area contributed by atoms with E-state index in [1.807, 2.05) is 6.08 Å². The summed E-state index contributed by atoms with van der Waals surface area (Å²) >= 11 is 0. The highest BCUT2D eigenvalue weighted by Crippen LogP contribution is 2.40. The van der Waals surface area contributed by atoms with Crippen LogP contribution < -0.4 is 0 Å². The molecule has 1 fully saturated rings. The lowest BCUT2D eigenvalue weighted by Gasteiger charge is -2.48. The van der Waals surface area contributed by atoms with Gasteiger partial charge in [0.05, 0.1) is 18.7 Å². The summed E-state index contributed by atoms with van der Waals surface area (Å²) < 4.78 is 12.8. The molecule has 1 aliphatic rings. The molecule has 2 rings (SSSR count). The van der Waals surface area contributed by atoms with Crippen LogP contribution in [0.2, 0.25) is 18.1 Å². The SMILES string of the molecule is C=CC[C@@H]1C(O[Si](C)(C)C(C)(C)C)OC[C@@H](c2ccccc2)N1C. The van der Waals surface area contributed by atoms with Crippen molar-refractivity contribution in [2.75, 3.05) is 13.7 Å². The molecule has 3 atom stereocenters. The van der Waals surface area contributed by atoms with Crippen LogP contribution in [0.4, 0.5) is 0 Å². The maximum Gasteiger partial charge on any atom is 0.195 e. The van der Waals surface area contributed by atoms with E-state index >= 15 is 0 Å². The first-order valence-corrected chi connectivity index (χ1v) is 11.8. The normalized spacial score (nSPS) is 26.3. The van der Waals surface area contributed by atoms with E-state index in [4.69, 9.17) is 9.16 Å². The van der Waals surface area contributed by atoms with Gasteiger partial charge in [-0.2, -0.15) is 0 Å². The summed E-state index contributed by atoms with van der Waals surface area (Å²) in [6.07, 6.45) is 2.65. The van der Waals surface area contributed by atoms with Gasteiger partial charge in [0.25, 0.3) is 0 Å². The molecule has 0 spiro atoms. The number of rotatable bonds is 5. The summed E-state index contributed by atoms with van der Waals surface area (Å²) in [6, 6.07) is 11.0. The van der Waals surface area contributed by atoms with E-state index in [-0.39, 0.29) is 23.4 Å². The molecule has 1 aliphatic heterocycles. The van der Waals surface area contributed by atoms with Crippen LogP contribution in [0.15, 0.2) is 43.0 Å². The molecule has 0 saturated carbocycles. The molecular formula is C20H33NO2Si. The summed E-state index contributed by atoms with van der Waals surface area (Å²) in [5.41, 5.74) is 1.29. The molecule has 0 radical (unpaired) electrons. The van der Waals surface area contributed by atoms with Gasteiger partial charge in [-0.25, -0.2) is 0 Å². The average molecular weight is 348 g/mol. The molecule has 0 aliphatic carbocycles. The van der Waals surface area contributed by atoms with Crippen LogP contribution in [0.1, 0.15) is 38.8 Å². The first-order valence-electron chi connectivity index (χ1n) is 8.84. The fourth-order valence-corrected chi connectivity index (χ4v) is 4.03. The van der Waals surface area contributed by atoms with E-state index < -0.39 is 8.32 Å². The molecule has 0 aromatic heterocycles. The van der Waals surface area contributed by atoms with Crippen LogP contribution in [0.5, 0.6) is 0 Å². The molecule has 3 nitrogen and oxygen atoms in total. The molecule has 0 bridgehead atoms. The van der Waals surface area contributed by atoms with Gasteiger partial charge in [0.1, 0.15) is 0 Å². The van der Waals surface area contributed by atoms with Crippen LogP contribution >= 0.6 is 0 Å². The Labute approximate surface area is 148 Å². The lowest BCUT2D eigenvalue weighted by Crippen LogP contribution is -2.56. The van der Waals surface area contributed by atoms with Crippen molar-refractivity contribution in [2.45, 2.75) is 63.7 Å². The van der Waals surface area contributed by atoms with E-state index in [9.17, 15) is 0 Å². The van der Waals surface area contributed by atoms with Gasteiger partial charge in [0, 0.05) is 0 Å². The zero-order valence-corrected chi connectivity index (χ0v) is 17.1. The van der Waals surface area contributed by atoms with Crippen molar-refractivity contribution in [2.24, 2.45) is 0 Å². The molecular weight excluding hydrogens is 314 g/mol. The van der Waals surface area contributed by atoms with Crippen molar-refractivity contribution in [3.63, 3.8) is 0 Å². The first-order chi connectivity index (χ1) is 11.2. The van der Waals surface area contributed by atoms with Gasteiger partial charge in [-0.1, -0.05) is 57.2 Å². The van der Waals surface area contributed by atoms with Crippen LogP contribution in [-0.4, -0.2) is 39.2 Å². The smallest absolute Gasteiger partial charge is 0.195 e. The Hall–Kier alpha value is -0.943. The summed E-state index contributed by atoms with van der Waals surface area (Å²) in [5, 5.41) is 0.171. The zero-order valence-electron chi connectivity index (χ0n) is 16.1. The number of morpholine rings is 1. The average Bonchev–Trinajstić information content (AvgIpc) is 2.50. The second-order valence-electron chi connectivity index (χ2n) is 8.26. The molecule has 1 aromatic carbocycles. The lowest BCUT2D eigenvalue weighted by molar-refractivity contribution is -0.185. The summed E-state index contributed by atoms with van der Waals surface area (Å²) in [6.45, 7) is 16.0. The predicted molar refractivity (Wildman–Crippen MR) is 104 cm³/mol. The fraction of sp³-hybridized carbons (Fsp3) is 0.600. The van der Waals surface area contributed by atoms with Crippen molar-refractivity contribution < 1.29 is 9.16 Å². The van der Waals surface area contributed by atoms with Gasteiger partial charge in [0.15, 0.2) is 14.6 Å². The number of hydrogen-bond donors (Lipinski definition) is 0. The summed E-state index contributed by atoms with van der Waals surface area (Å²) in [5.74, 6) is 0. The predicted octanol–water partition coefficient (Wildman–Crippen LogP) is 4.98. The molecule has 24 heavy (non-hydrogen) atoms. The molecule has 134 valence electrons. The van der Waals surface area contributed by atoms with Crippen LogP contribution in [0.3, 0.4) is 0 Å². The molecule has 0 N–H and O–H groups in total. The van der Waals surface area contributed by atoms with Crippen molar-refractivity contribution in [3.8, 4) is 0 Å². The Morgan fingerprint density at radius 2 is 1.92 bits per heavy atom. The third-order valence-electron chi connectivity index (χ3n) is 5.56. The van der Waals surface area contributed by atoms with E-state index in [2.05, 4.69) is 82.7 Å². The maximum atomic E-state index is 6.59. The number of nitrogens with zero attached hydrogens (tertiary/aromatic N) is 1. The molecule has 1 heterocycles. The van der Waals surface area contributed by atoms with Crippen molar-refractivity contribution in [1.29, 1.82) is 0 Å². The number of benzene rings is 1. The monoisotopic (exact) mass is 347 g/mol. The minimum Gasteiger partial charge on any atom is -0.391 e. The summed E-state index contributed by atoms with van der Waals surface area (Å²) in [4.78, 5) is 2.40. The molecule has 4 heteroatoms. The second-order valence-corrected chi connectivity index (χ2v) is 13.0. The highest BCUT2D eigenvalue weighted by atomic mass is 28.4. The van der Waals surface area contributed by atoms with E-state index in [0.717, 1.165) is 6.42 Å². The van der Waals surface area contributed by atoms with Gasteiger partial charge < -0.3 is 9.16 Å². The van der Waals surface area contributed by atoms with Crippen molar-refractivity contribution >= 4 is 8.32 Å². The molecule has 1 saturated heterocycles. The number of ether oxygens (including phenoxy) is 1. The second kappa shape index (κ2) is 7.52. The first kappa shape index (κ1) is 19.4. The molecule has 1 unspecified atom stereocenters. The van der Waals surface area contributed by atoms with Crippen LogP contribution in [0, 0.1) is 0 Å². The van der Waals surface area contributed by atoms with Gasteiger partial charge in [-0.15, -0.1) is 6.58 Å². The zero-order chi connectivity index (χ0) is 18.0. The van der Waals surface area contributed by atoms with E-state index in [1.54, 1.807) is 0 Å². The van der Waals surface area contributed by atoms with Crippen LogP contribution in [-0.2, 0) is 9.16 Å². The van der Waals surface area contributed by atoms with Crippen molar-refractivity contribution in [3.05, 3.63) is 48.6 Å². The Bertz CT molecular complexity index is 538. The van der Waals surface area contributed by atoms with E-state index in [0.29, 0.717) is 6.61 Å². The Morgan fingerprint density at radius 1 is 1.29 bits per heavy atom. The minimum atomic E-state index is -1.88.